The average molecular weight is 885 g/mol. The van der Waals surface area contributed by atoms with Gasteiger partial charge in [-0.05, 0) is 6.92 Å². The van der Waals surface area contributed by atoms with Gasteiger partial charge in [0.15, 0.2) is 29.5 Å². The Morgan fingerprint density at radius 1 is 1.05 bits per heavy atom. The van der Waals surface area contributed by atoms with Crippen LogP contribution in [-0.4, -0.2) is 140 Å². The molecule has 13 N–H and O–H groups in total. The van der Waals surface area contributed by atoms with E-state index in [1.54, 1.807) is 0 Å². The van der Waals surface area contributed by atoms with Crippen LogP contribution in [0.15, 0.2) is 12.7 Å². The molecule has 1 fully saturated rings. The van der Waals surface area contributed by atoms with Crippen molar-refractivity contribution in [3.8, 4) is 0 Å². The topological polar surface area (TPSA) is 427 Å². The van der Waals surface area contributed by atoms with Gasteiger partial charge in [-0.25, -0.2) is 28.6 Å². The second kappa shape index (κ2) is 20.6. The lowest BCUT2D eigenvalue weighted by Gasteiger charge is -2.30. The molecule has 318 valence electrons. The number of fused-ring (bicyclic) bond motifs is 1. The Morgan fingerprint density at radius 3 is 2.23 bits per heavy atom. The molecule has 0 radical (unpaired) electrons. The van der Waals surface area contributed by atoms with Crippen molar-refractivity contribution in [3.05, 3.63) is 12.7 Å². The number of imidazole rings is 1. The van der Waals surface area contributed by atoms with Crippen molar-refractivity contribution < 1.29 is 90.4 Å². The van der Waals surface area contributed by atoms with E-state index in [0.717, 1.165) is 24.1 Å². The average Bonchev–Trinajstić information content (AvgIpc) is 3.65. The fourth-order valence-electron chi connectivity index (χ4n) is 4.31. The third kappa shape index (κ3) is 15.1. The Kier molecular flexibility index (Phi) is 18.1. The summed E-state index contributed by atoms with van der Waals surface area (Å²) in [6.45, 7) is 1.86. The molecular formula is C25H43N8O19P3S. The summed E-state index contributed by atoms with van der Waals surface area (Å²) in [4.78, 5) is 94.5. The van der Waals surface area contributed by atoms with Crippen LogP contribution in [0.4, 0.5) is 5.82 Å². The Bertz CT molecular complexity index is 1840. The van der Waals surface area contributed by atoms with Crippen molar-refractivity contribution in [2.45, 2.75) is 63.9 Å². The number of aliphatic carboxylic acids is 1. The number of carboxylic acids is 1. The van der Waals surface area contributed by atoms with Crippen molar-refractivity contribution >= 4 is 76.6 Å². The molecule has 0 spiro atoms. The van der Waals surface area contributed by atoms with Crippen molar-refractivity contribution in [2.75, 3.05) is 37.8 Å². The van der Waals surface area contributed by atoms with Crippen LogP contribution in [0.1, 0.15) is 33.4 Å². The number of nitrogens with zero attached hydrogens (tertiary/aromatic N) is 4. The fraction of sp³-hybridized carbons (Fsp3) is 0.640. The van der Waals surface area contributed by atoms with E-state index in [2.05, 4.69) is 47.0 Å². The SMILES string of the molecule is CC(=O)C(N)C(=O)O.CC(C)(COP(=O)(O)OP(=O)(O)OC[C@H]1O[C@@H](n2cnc3c(N)ncnc32)[C@H](O)[C@@H]1OP(=O)(O)O)[C@@H](O)C(=O)NCCC(=O)NCCS. The Morgan fingerprint density at radius 2 is 1.68 bits per heavy atom. The van der Waals surface area contributed by atoms with Gasteiger partial charge in [0.25, 0.3) is 0 Å². The van der Waals surface area contributed by atoms with Crippen molar-refractivity contribution in [1.82, 2.24) is 30.2 Å². The van der Waals surface area contributed by atoms with Gasteiger partial charge < -0.3 is 61.7 Å². The molecule has 2 aromatic rings. The molecule has 0 aliphatic carbocycles. The molecule has 2 amide bonds. The third-order valence-corrected chi connectivity index (χ3v) is 10.5. The minimum Gasteiger partial charge on any atom is -0.480 e. The number of carbonyl (C=O) groups is 4. The number of Topliss-reactive ketones (excluding diaryl/α,β-unsaturated/α-hetero) is 1. The minimum atomic E-state index is -5.54. The maximum Gasteiger partial charge on any atom is 0.481 e. The number of nitrogens with one attached hydrogen (secondary N) is 2. The minimum absolute atomic E-state index is 0.0363. The van der Waals surface area contributed by atoms with E-state index >= 15 is 0 Å². The second-order valence-corrected chi connectivity index (χ2v) is 16.9. The lowest BCUT2D eigenvalue weighted by Crippen LogP contribution is -2.46. The van der Waals surface area contributed by atoms with E-state index in [-0.39, 0.29) is 35.9 Å². The number of carboxylic acid groups (broad SMARTS) is 1. The molecule has 1 saturated heterocycles. The van der Waals surface area contributed by atoms with Gasteiger partial charge in [0, 0.05) is 30.7 Å². The highest BCUT2D eigenvalue weighted by molar-refractivity contribution is 7.80. The molecule has 3 heterocycles. The number of carbonyl (C=O) groups excluding carboxylic acids is 3. The predicted molar refractivity (Wildman–Crippen MR) is 190 cm³/mol. The molecule has 0 saturated carbocycles. The highest BCUT2D eigenvalue weighted by atomic mass is 32.1. The first kappa shape index (κ1) is 49.1. The summed E-state index contributed by atoms with van der Waals surface area (Å²) < 4.78 is 61.7. The summed E-state index contributed by atoms with van der Waals surface area (Å²) in [6.07, 6.45) is -6.74. The highest BCUT2D eigenvalue weighted by Gasteiger charge is 2.50. The number of aromatic nitrogens is 4. The molecule has 0 aromatic carbocycles. The van der Waals surface area contributed by atoms with Gasteiger partial charge in [-0.3, -0.25) is 37.3 Å². The van der Waals surface area contributed by atoms with E-state index in [0.29, 0.717) is 12.3 Å². The third-order valence-electron chi connectivity index (χ3n) is 7.22. The van der Waals surface area contributed by atoms with Gasteiger partial charge in [0.2, 0.25) is 11.8 Å². The molecule has 0 bridgehead atoms. The first-order valence-electron chi connectivity index (χ1n) is 15.7. The van der Waals surface area contributed by atoms with E-state index in [1.165, 1.54) is 13.8 Å². The van der Waals surface area contributed by atoms with Crippen LogP contribution in [0.25, 0.3) is 11.2 Å². The first-order chi connectivity index (χ1) is 25.7. The van der Waals surface area contributed by atoms with E-state index in [1.807, 2.05) is 0 Å². The number of hydrogen-bond donors (Lipinski definition) is 12. The number of amides is 2. The lowest BCUT2D eigenvalue weighted by molar-refractivity contribution is -0.141. The quantitative estimate of drug-likeness (QED) is 0.0366. The zero-order valence-electron chi connectivity index (χ0n) is 29.6. The largest absolute Gasteiger partial charge is 0.481 e. The summed E-state index contributed by atoms with van der Waals surface area (Å²) >= 11 is 3.95. The summed E-state index contributed by atoms with van der Waals surface area (Å²) in [5.74, 6) is -2.75. The summed E-state index contributed by atoms with van der Waals surface area (Å²) in [5, 5.41) is 34.1. The molecule has 1 aliphatic rings. The van der Waals surface area contributed by atoms with E-state index < -0.39 is 96.4 Å². The molecule has 1 aliphatic heterocycles. The van der Waals surface area contributed by atoms with Crippen LogP contribution in [-0.2, 0) is 55.5 Å². The number of rotatable bonds is 20. The van der Waals surface area contributed by atoms with Gasteiger partial charge in [-0.15, -0.1) is 0 Å². The molecular weight excluding hydrogens is 841 g/mol. The molecule has 27 nitrogen and oxygen atoms in total. The normalized spacial score (nSPS) is 21.8. The number of nitrogen functional groups attached to an aromatic ring is 1. The van der Waals surface area contributed by atoms with Crippen LogP contribution in [0.2, 0.25) is 0 Å². The summed E-state index contributed by atoms with van der Waals surface area (Å²) in [6, 6.07) is -1.35. The number of aliphatic hydroxyl groups excluding tert-OH is 2. The Balaban J connectivity index is 0.00000122. The van der Waals surface area contributed by atoms with Gasteiger partial charge in [-0.2, -0.15) is 16.9 Å². The zero-order chi connectivity index (χ0) is 42.8. The van der Waals surface area contributed by atoms with Crippen LogP contribution in [0, 0.1) is 5.41 Å². The van der Waals surface area contributed by atoms with Crippen molar-refractivity contribution in [3.63, 3.8) is 0 Å². The number of phosphoric ester groups is 3. The maximum absolute atomic E-state index is 12.6. The van der Waals surface area contributed by atoms with Crippen LogP contribution in [0.3, 0.4) is 0 Å². The van der Waals surface area contributed by atoms with Crippen LogP contribution in [0.5, 0.6) is 0 Å². The molecule has 3 unspecified atom stereocenters. The monoisotopic (exact) mass is 884 g/mol. The number of thiol groups is 1. The number of ether oxygens (including phenoxy) is 1. The Labute approximate surface area is 322 Å². The van der Waals surface area contributed by atoms with Crippen molar-refractivity contribution in [1.29, 1.82) is 0 Å². The first-order valence-corrected chi connectivity index (χ1v) is 20.9. The number of aliphatic hydroxyl groups is 2. The summed E-state index contributed by atoms with van der Waals surface area (Å²) in [7, 11) is -16.3. The number of hydrogen-bond acceptors (Lipinski definition) is 20. The summed E-state index contributed by atoms with van der Waals surface area (Å²) in [5.41, 5.74) is 9.11. The molecule has 56 heavy (non-hydrogen) atoms. The van der Waals surface area contributed by atoms with E-state index in [4.69, 9.17) is 30.4 Å². The smallest absolute Gasteiger partial charge is 0.480 e. The standard InChI is InChI=1S/C21H36N7O16P3S.C4H7NO3/c1-21(2,16(31)19(32)24-4-3-12(29)23-5-6-48)8-41-47(38,39)44-46(36,37)40-7-11-15(43-45(33,34)35)14(30)20(42-11)28-10-27-13-17(22)25-9-26-18(13)28;1-2(6)3(5)4(7)8/h9-11,14-16,20,30-31,48H,3-8H2,1-2H3,(H,23,29)(H,24,32)(H,36,37)(H,38,39)(H2,22,25,26)(H2,33,34,35);3H,5H2,1H3,(H,7,8)/t11-,14-,15-,16+,20-;/m1./s1. The zero-order valence-corrected chi connectivity index (χ0v) is 33.2. The molecule has 3 rings (SSSR count). The molecule has 31 heteroatoms. The number of nitrogens with two attached hydrogens (primary N) is 2. The van der Waals surface area contributed by atoms with Crippen molar-refractivity contribution in [2.24, 2.45) is 11.1 Å². The fourth-order valence-corrected chi connectivity index (χ4v) is 7.25. The van der Waals surface area contributed by atoms with Crippen LogP contribution >= 0.6 is 36.1 Å². The predicted octanol–water partition coefficient (Wildman–Crippen LogP) is -2.68. The number of phosphoric acid groups is 3. The second-order valence-electron chi connectivity index (χ2n) is 12.2. The maximum atomic E-state index is 12.6. The Hall–Kier alpha value is -3.01. The van der Waals surface area contributed by atoms with Gasteiger partial charge >= 0.3 is 29.4 Å². The van der Waals surface area contributed by atoms with Gasteiger partial charge in [0.1, 0.15) is 36.3 Å². The van der Waals surface area contributed by atoms with Crippen LogP contribution < -0.4 is 22.1 Å². The van der Waals surface area contributed by atoms with Gasteiger partial charge in [0.05, 0.1) is 19.5 Å². The molecule has 8 atom stereocenters. The number of anilines is 1. The highest BCUT2D eigenvalue weighted by Crippen LogP contribution is 2.61. The molecule has 2 aromatic heterocycles. The lowest BCUT2D eigenvalue weighted by atomic mass is 9.87. The van der Waals surface area contributed by atoms with Gasteiger partial charge in [-0.1, -0.05) is 13.8 Å². The van der Waals surface area contributed by atoms with E-state index in [9.17, 15) is 62.7 Å². The number of ketones is 1.